The Balaban J connectivity index is 1.73. The quantitative estimate of drug-likeness (QED) is 0.718. The zero-order chi connectivity index (χ0) is 18.9. The van der Waals surface area contributed by atoms with Crippen LogP contribution in [0.25, 0.3) is 0 Å². The van der Waals surface area contributed by atoms with Crippen molar-refractivity contribution in [2.75, 3.05) is 31.1 Å². The molecule has 0 atom stereocenters. The molecule has 0 N–H and O–H groups in total. The van der Waals surface area contributed by atoms with Crippen molar-refractivity contribution in [3.8, 4) is 0 Å². The Morgan fingerprint density at radius 2 is 1.58 bits per heavy atom. The molecule has 26 heavy (non-hydrogen) atoms. The molecule has 0 aromatic heterocycles. The van der Waals surface area contributed by atoms with Crippen molar-refractivity contribution in [3.05, 3.63) is 58.1 Å². The van der Waals surface area contributed by atoms with Gasteiger partial charge in [0.25, 0.3) is 0 Å². The van der Waals surface area contributed by atoms with Gasteiger partial charge in [-0.1, -0.05) is 23.2 Å². The highest BCUT2D eigenvalue weighted by Crippen LogP contribution is 2.29. The Hall–Kier alpha value is -1.60. The monoisotopic (exact) mass is 412 g/mol. The second kappa shape index (κ2) is 7.56. The van der Waals surface area contributed by atoms with Gasteiger partial charge in [0.05, 0.1) is 5.02 Å². The summed E-state index contributed by atoms with van der Waals surface area (Å²) < 4.78 is 27.1. The summed E-state index contributed by atoms with van der Waals surface area (Å²) in [5.74, 6) is 0.0193. The highest BCUT2D eigenvalue weighted by atomic mass is 35.5. The lowest BCUT2D eigenvalue weighted by Crippen LogP contribution is -2.48. The van der Waals surface area contributed by atoms with Gasteiger partial charge in [-0.3, -0.25) is 4.79 Å². The van der Waals surface area contributed by atoms with Gasteiger partial charge in [0.2, 0.25) is 10.0 Å². The molecule has 0 aliphatic carbocycles. The van der Waals surface area contributed by atoms with Crippen molar-refractivity contribution in [3.63, 3.8) is 0 Å². The van der Waals surface area contributed by atoms with Crippen LogP contribution in [-0.4, -0.2) is 44.7 Å². The largest absolute Gasteiger partial charge is 0.369 e. The molecule has 1 fully saturated rings. The zero-order valence-corrected chi connectivity index (χ0v) is 16.5. The summed E-state index contributed by atoms with van der Waals surface area (Å²) in [5.41, 5.74) is 1.62. The molecule has 1 saturated heterocycles. The first-order valence-electron chi connectivity index (χ1n) is 8.10. The number of hydrogen-bond acceptors (Lipinski definition) is 4. The van der Waals surface area contributed by atoms with Crippen molar-refractivity contribution in [2.24, 2.45) is 0 Å². The Morgan fingerprint density at radius 3 is 2.15 bits per heavy atom. The minimum Gasteiger partial charge on any atom is -0.369 e. The molecule has 3 rings (SSSR count). The lowest BCUT2D eigenvalue weighted by Gasteiger charge is -2.35. The molecule has 0 unspecified atom stereocenters. The topological polar surface area (TPSA) is 57.7 Å². The van der Waals surface area contributed by atoms with E-state index in [-0.39, 0.29) is 15.7 Å². The molecule has 0 saturated carbocycles. The van der Waals surface area contributed by atoms with Crippen LogP contribution in [0, 0.1) is 0 Å². The second-order valence-electron chi connectivity index (χ2n) is 6.07. The molecule has 8 heteroatoms. The third-order valence-electron chi connectivity index (χ3n) is 4.39. The van der Waals surface area contributed by atoms with E-state index >= 15 is 0 Å². The molecule has 2 aromatic rings. The maximum absolute atomic E-state index is 12.8. The lowest BCUT2D eigenvalue weighted by molar-refractivity contribution is 0.101. The highest BCUT2D eigenvalue weighted by Gasteiger charge is 2.30. The van der Waals surface area contributed by atoms with Crippen molar-refractivity contribution in [1.82, 2.24) is 4.31 Å². The van der Waals surface area contributed by atoms with Gasteiger partial charge in [0, 0.05) is 42.5 Å². The fraction of sp³-hybridized carbons (Fsp3) is 0.278. The third kappa shape index (κ3) is 3.88. The Bertz CT molecular complexity index is 922. The van der Waals surface area contributed by atoms with Crippen molar-refractivity contribution >= 4 is 44.7 Å². The van der Waals surface area contributed by atoms with Crippen LogP contribution in [-0.2, 0) is 10.0 Å². The number of rotatable bonds is 4. The first-order valence-corrected chi connectivity index (χ1v) is 10.3. The van der Waals surface area contributed by atoms with Crippen molar-refractivity contribution in [1.29, 1.82) is 0 Å². The Morgan fingerprint density at radius 1 is 0.962 bits per heavy atom. The van der Waals surface area contributed by atoms with Gasteiger partial charge in [-0.25, -0.2) is 8.42 Å². The molecule has 0 bridgehead atoms. The smallest absolute Gasteiger partial charge is 0.244 e. The summed E-state index contributed by atoms with van der Waals surface area (Å²) in [7, 11) is -3.69. The van der Waals surface area contributed by atoms with E-state index < -0.39 is 10.0 Å². The minimum absolute atomic E-state index is 0.0193. The highest BCUT2D eigenvalue weighted by molar-refractivity contribution is 7.89. The zero-order valence-electron chi connectivity index (χ0n) is 14.2. The number of nitrogens with zero attached hydrogens (tertiary/aromatic N) is 2. The third-order valence-corrected chi connectivity index (χ3v) is 7.00. The predicted molar refractivity (Wildman–Crippen MR) is 104 cm³/mol. The summed E-state index contributed by atoms with van der Waals surface area (Å²) in [6, 6.07) is 11.8. The van der Waals surface area contributed by atoms with Crippen LogP contribution in [0.2, 0.25) is 10.0 Å². The van der Waals surface area contributed by atoms with Gasteiger partial charge >= 0.3 is 0 Å². The molecule has 0 amide bonds. The fourth-order valence-corrected chi connectivity index (χ4v) is 5.07. The molecular formula is C18H18Cl2N2O3S. The molecule has 1 aliphatic rings. The summed E-state index contributed by atoms with van der Waals surface area (Å²) >= 11 is 12.0. The average molecular weight is 413 g/mol. The predicted octanol–water partition coefficient (Wildman–Crippen LogP) is 3.71. The molecular weight excluding hydrogens is 395 g/mol. The van der Waals surface area contributed by atoms with E-state index in [0.717, 1.165) is 5.69 Å². The van der Waals surface area contributed by atoms with E-state index in [1.165, 1.54) is 23.4 Å². The number of sulfonamides is 1. The van der Waals surface area contributed by atoms with Crippen LogP contribution in [0.5, 0.6) is 0 Å². The number of anilines is 1. The van der Waals surface area contributed by atoms with Crippen LogP contribution < -0.4 is 4.90 Å². The van der Waals surface area contributed by atoms with Crippen molar-refractivity contribution in [2.45, 2.75) is 11.8 Å². The van der Waals surface area contributed by atoms with Crippen LogP contribution in [0.4, 0.5) is 5.69 Å². The first kappa shape index (κ1) is 19.2. The molecule has 0 spiro atoms. The van der Waals surface area contributed by atoms with E-state index in [2.05, 4.69) is 4.90 Å². The molecule has 138 valence electrons. The van der Waals surface area contributed by atoms with E-state index in [1.54, 1.807) is 18.2 Å². The van der Waals surface area contributed by atoms with Gasteiger partial charge in [-0.05, 0) is 49.4 Å². The van der Waals surface area contributed by atoms with Crippen LogP contribution in [0.3, 0.4) is 0 Å². The average Bonchev–Trinajstić information content (AvgIpc) is 2.64. The summed E-state index contributed by atoms with van der Waals surface area (Å²) in [6.07, 6.45) is 0. The molecule has 1 aliphatic heterocycles. The summed E-state index contributed by atoms with van der Waals surface area (Å²) in [5, 5.41) is 0.494. The first-order chi connectivity index (χ1) is 12.3. The number of piperazine rings is 1. The number of carbonyl (C=O) groups excluding carboxylic acids is 1. The summed E-state index contributed by atoms with van der Waals surface area (Å²) in [4.78, 5) is 13.5. The maximum Gasteiger partial charge on any atom is 0.244 e. The number of hydrogen-bond donors (Lipinski definition) is 0. The van der Waals surface area contributed by atoms with E-state index in [4.69, 9.17) is 23.2 Å². The van der Waals surface area contributed by atoms with Crippen molar-refractivity contribution < 1.29 is 13.2 Å². The normalized spacial score (nSPS) is 15.9. The number of ketones is 1. The molecule has 1 heterocycles. The van der Waals surface area contributed by atoms with Crippen LogP contribution in [0.1, 0.15) is 17.3 Å². The number of halogens is 2. The maximum atomic E-state index is 12.8. The fourth-order valence-electron chi connectivity index (χ4n) is 2.91. The Labute approximate surface area is 163 Å². The number of Topliss-reactive ketones (excluding diaryl/α,β-unsaturated/α-hetero) is 1. The van der Waals surface area contributed by atoms with Gasteiger partial charge in [0.15, 0.2) is 5.78 Å². The van der Waals surface area contributed by atoms with E-state index in [1.807, 2.05) is 12.1 Å². The van der Waals surface area contributed by atoms with Crippen LogP contribution in [0.15, 0.2) is 47.4 Å². The Kier molecular flexibility index (Phi) is 5.58. The van der Waals surface area contributed by atoms with Gasteiger partial charge in [-0.15, -0.1) is 0 Å². The second-order valence-corrected chi connectivity index (χ2v) is 8.82. The van der Waals surface area contributed by atoms with Gasteiger partial charge < -0.3 is 4.90 Å². The van der Waals surface area contributed by atoms with Gasteiger partial charge in [-0.2, -0.15) is 4.31 Å². The van der Waals surface area contributed by atoms with Gasteiger partial charge in [0.1, 0.15) is 4.90 Å². The molecule has 2 aromatic carbocycles. The van der Waals surface area contributed by atoms with E-state index in [0.29, 0.717) is 36.8 Å². The van der Waals surface area contributed by atoms with Crippen LogP contribution >= 0.6 is 23.2 Å². The number of benzene rings is 2. The van der Waals surface area contributed by atoms with E-state index in [9.17, 15) is 13.2 Å². The lowest BCUT2D eigenvalue weighted by atomic mass is 10.1. The summed E-state index contributed by atoms with van der Waals surface area (Å²) in [6.45, 7) is 3.33. The SMILES string of the molecule is CC(=O)c1ccc(N2CCN(S(=O)(=O)c3cc(Cl)ccc3Cl)CC2)cc1. The minimum atomic E-state index is -3.69. The number of carbonyl (C=O) groups is 1. The standard InChI is InChI=1S/C18H18Cl2N2O3S/c1-13(23)14-2-5-16(6-3-14)21-8-10-22(11-9-21)26(24,25)18-12-15(19)4-7-17(18)20/h2-7,12H,8-11H2,1H3. The molecule has 0 radical (unpaired) electrons. The molecule has 5 nitrogen and oxygen atoms in total.